The number of alkyl halides is 2. The number of carbonyl (C=O) groups is 2. The molecule has 3 aliphatic rings. The molecule has 0 saturated carbocycles. The number of amides is 1. The molecular formula is C23H42F2N6O8S. The second-order valence-electron chi connectivity index (χ2n) is 10.4. The van der Waals surface area contributed by atoms with Gasteiger partial charge in [0, 0.05) is 46.4 Å². The van der Waals surface area contributed by atoms with Gasteiger partial charge in [-0.15, -0.1) is 10.2 Å². The van der Waals surface area contributed by atoms with Crippen molar-refractivity contribution in [2.45, 2.75) is 52.4 Å². The lowest BCUT2D eigenvalue weighted by molar-refractivity contribution is -0.153. The standard InChI is InChI=1S/C8H15NO4S.C7H12O3.C5H11NO.C3H4F2N4/c1-8(3-5-13-6-4-8)7(10)9-14(2,11)12;1-7(6(8)9)2-4-10-5-3-7;1-6-2-4-7-5-3-6;1-3(4,5)2-6-8-9-7-2/h3-6H2,1-2H3,(H,9,10);2-5H2,1H3,(H,8,9);2-5H2,1H3;1H3,(H,6,7,8,9). The maximum absolute atomic E-state index is 12.1. The van der Waals surface area contributed by atoms with Crippen LogP contribution in [0.4, 0.5) is 8.78 Å². The third-order valence-corrected chi connectivity index (χ3v) is 7.06. The molecule has 3 N–H and O–H groups in total. The van der Waals surface area contributed by atoms with Crippen molar-refractivity contribution in [3.05, 3.63) is 5.82 Å². The van der Waals surface area contributed by atoms with E-state index in [-0.39, 0.29) is 0 Å². The summed E-state index contributed by atoms with van der Waals surface area (Å²) in [7, 11) is -1.34. The fourth-order valence-electron chi connectivity index (χ4n) is 3.38. The van der Waals surface area contributed by atoms with Crippen LogP contribution in [0, 0.1) is 10.8 Å². The van der Waals surface area contributed by atoms with Crippen LogP contribution in [0.25, 0.3) is 0 Å². The summed E-state index contributed by atoms with van der Waals surface area (Å²) in [5, 5.41) is 19.8. The van der Waals surface area contributed by atoms with E-state index in [4.69, 9.17) is 19.3 Å². The Hall–Kier alpha value is -2.34. The second-order valence-corrected chi connectivity index (χ2v) is 12.1. The van der Waals surface area contributed by atoms with Crippen molar-refractivity contribution in [3.8, 4) is 0 Å². The number of halogens is 2. The molecule has 3 fully saturated rings. The monoisotopic (exact) mass is 600 g/mol. The quantitative estimate of drug-likeness (QED) is 0.446. The van der Waals surface area contributed by atoms with E-state index in [1.54, 1.807) is 13.8 Å². The Labute approximate surface area is 233 Å². The number of nitrogens with one attached hydrogen (secondary N) is 2. The third-order valence-electron chi connectivity index (χ3n) is 6.51. The number of tetrazole rings is 1. The fraction of sp³-hybridized carbons (Fsp3) is 0.870. The highest BCUT2D eigenvalue weighted by molar-refractivity contribution is 7.89. The number of ether oxygens (including phenoxy) is 3. The molecule has 232 valence electrons. The highest BCUT2D eigenvalue weighted by Gasteiger charge is 2.36. The Morgan fingerprint density at radius 3 is 1.70 bits per heavy atom. The van der Waals surface area contributed by atoms with Crippen LogP contribution in [0.1, 0.15) is 52.3 Å². The lowest BCUT2D eigenvalue weighted by Crippen LogP contribution is -2.44. The van der Waals surface area contributed by atoms with Gasteiger partial charge in [-0.3, -0.25) is 14.3 Å². The second kappa shape index (κ2) is 16.2. The van der Waals surface area contributed by atoms with E-state index in [0.29, 0.717) is 59.0 Å². The van der Waals surface area contributed by atoms with E-state index < -0.39 is 44.5 Å². The molecule has 1 amide bonds. The largest absolute Gasteiger partial charge is 0.481 e. The molecule has 0 aromatic carbocycles. The molecule has 0 unspecified atom stereocenters. The molecule has 17 heteroatoms. The molecule has 0 spiro atoms. The molecule has 14 nitrogen and oxygen atoms in total. The predicted octanol–water partition coefficient (Wildman–Crippen LogP) is 1.03. The number of aliphatic carboxylic acids is 1. The van der Waals surface area contributed by atoms with Gasteiger partial charge in [0.25, 0.3) is 0 Å². The number of aromatic amines is 1. The number of carboxylic acids is 1. The number of sulfonamides is 1. The minimum Gasteiger partial charge on any atom is -0.481 e. The molecule has 1 aromatic rings. The number of nitrogens with zero attached hydrogens (tertiary/aromatic N) is 4. The first kappa shape index (κ1) is 35.7. The van der Waals surface area contributed by atoms with Gasteiger partial charge < -0.3 is 24.2 Å². The van der Waals surface area contributed by atoms with E-state index in [9.17, 15) is 26.8 Å². The molecule has 0 atom stereocenters. The van der Waals surface area contributed by atoms with Crippen LogP contribution >= 0.6 is 0 Å². The van der Waals surface area contributed by atoms with E-state index >= 15 is 0 Å². The van der Waals surface area contributed by atoms with Crippen LogP contribution in [0.2, 0.25) is 0 Å². The van der Waals surface area contributed by atoms with Gasteiger partial charge in [0.05, 0.1) is 30.3 Å². The zero-order valence-electron chi connectivity index (χ0n) is 23.7. The van der Waals surface area contributed by atoms with Crippen LogP contribution in [-0.4, -0.2) is 117 Å². The van der Waals surface area contributed by atoms with Crippen molar-refractivity contribution >= 4 is 21.9 Å². The molecule has 40 heavy (non-hydrogen) atoms. The average Bonchev–Trinajstić information content (AvgIpc) is 3.42. The molecule has 0 radical (unpaired) electrons. The van der Waals surface area contributed by atoms with Gasteiger partial charge in [-0.2, -0.15) is 14.0 Å². The van der Waals surface area contributed by atoms with Crippen molar-refractivity contribution in [2.24, 2.45) is 10.8 Å². The summed E-state index contributed by atoms with van der Waals surface area (Å²) in [5.74, 6) is -4.70. The number of carboxylic acid groups (broad SMARTS) is 1. The van der Waals surface area contributed by atoms with Crippen molar-refractivity contribution in [1.82, 2.24) is 30.2 Å². The Balaban J connectivity index is 0.000000275. The molecule has 0 bridgehead atoms. The minimum atomic E-state index is -3.45. The van der Waals surface area contributed by atoms with Crippen LogP contribution < -0.4 is 4.72 Å². The van der Waals surface area contributed by atoms with Gasteiger partial charge in [-0.05, 0) is 44.9 Å². The Kier molecular flexibility index (Phi) is 14.4. The highest BCUT2D eigenvalue weighted by atomic mass is 32.2. The summed E-state index contributed by atoms with van der Waals surface area (Å²) < 4.78 is 63.2. The Bertz CT molecular complexity index is 990. The van der Waals surface area contributed by atoms with Crippen LogP contribution in [-0.2, 0) is 39.7 Å². The maximum Gasteiger partial charge on any atom is 0.309 e. The molecule has 3 saturated heterocycles. The fourth-order valence-corrected chi connectivity index (χ4v) is 3.96. The van der Waals surface area contributed by atoms with Crippen molar-refractivity contribution in [3.63, 3.8) is 0 Å². The number of carbonyl (C=O) groups excluding carboxylic acids is 1. The number of morpholine rings is 1. The zero-order chi connectivity index (χ0) is 30.5. The summed E-state index contributed by atoms with van der Waals surface area (Å²) in [6.45, 7) is 10.5. The smallest absolute Gasteiger partial charge is 0.309 e. The van der Waals surface area contributed by atoms with E-state index in [2.05, 4.69) is 27.4 Å². The number of hydrogen-bond acceptors (Lipinski definition) is 11. The summed E-state index contributed by atoms with van der Waals surface area (Å²) in [4.78, 5) is 24.5. The van der Waals surface area contributed by atoms with Gasteiger partial charge in [0.15, 0.2) is 0 Å². The number of likely N-dealkylation sites (N-methyl/N-ethyl adjacent to an activating group) is 1. The number of rotatable bonds is 4. The van der Waals surface area contributed by atoms with Crippen LogP contribution in [0.3, 0.4) is 0 Å². The first-order valence-electron chi connectivity index (χ1n) is 12.8. The maximum atomic E-state index is 12.1. The molecule has 4 heterocycles. The van der Waals surface area contributed by atoms with Gasteiger partial charge in [-0.1, -0.05) is 6.92 Å². The highest BCUT2D eigenvalue weighted by Crippen LogP contribution is 2.30. The van der Waals surface area contributed by atoms with E-state index in [1.807, 2.05) is 9.94 Å². The lowest BCUT2D eigenvalue weighted by atomic mass is 9.82. The average molecular weight is 601 g/mol. The first-order valence-corrected chi connectivity index (χ1v) is 14.7. The molecule has 4 rings (SSSR count). The van der Waals surface area contributed by atoms with Gasteiger partial charge in [0.2, 0.25) is 21.8 Å². The number of H-pyrrole nitrogens is 1. The van der Waals surface area contributed by atoms with E-state index in [1.165, 1.54) is 0 Å². The SMILES string of the molecule is CC(F)(F)c1nn[nH]n1.CC1(C(=O)NS(C)(=O)=O)CCOCC1.CC1(C(=O)O)CCOCC1.CN1CCOCC1. The van der Waals surface area contributed by atoms with Gasteiger partial charge in [0.1, 0.15) is 0 Å². The normalized spacial score (nSPS) is 20.7. The van der Waals surface area contributed by atoms with Crippen molar-refractivity contribution in [1.29, 1.82) is 0 Å². The Morgan fingerprint density at radius 2 is 1.43 bits per heavy atom. The summed E-state index contributed by atoms with van der Waals surface area (Å²) >= 11 is 0. The van der Waals surface area contributed by atoms with Crippen LogP contribution in [0.15, 0.2) is 0 Å². The summed E-state index contributed by atoms with van der Waals surface area (Å²) in [6, 6.07) is 0. The van der Waals surface area contributed by atoms with E-state index in [0.717, 1.165) is 32.6 Å². The molecule has 0 aliphatic carbocycles. The molecule has 1 aromatic heterocycles. The minimum absolute atomic E-state index is 0.428. The topological polar surface area (TPSA) is 186 Å². The van der Waals surface area contributed by atoms with Crippen molar-refractivity contribution < 1.29 is 46.1 Å². The van der Waals surface area contributed by atoms with Crippen molar-refractivity contribution in [2.75, 3.05) is 66.0 Å². The van der Waals surface area contributed by atoms with Crippen LogP contribution in [0.5, 0.6) is 0 Å². The molecular weight excluding hydrogens is 558 g/mol. The first-order chi connectivity index (χ1) is 18.5. The summed E-state index contributed by atoms with van der Waals surface area (Å²) in [6.07, 6.45) is 3.39. The lowest BCUT2D eigenvalue weighted by Gasteiger charge is -2.31. The van der Waals surface area contributed by atoms with Gasteiger partial charge >= 0.3 is 11.9 Å². The third kappa shape index (κ3) is 13.8. The zero-order valence-corrected chi connectivity index (χ0v) is 24.6. The van der Waals surface area contributed by atoms with Gasteiger partial charge in [-0.25, -0.2) is 8.42 Å². The molecule has 3 aliphatic heterocycles. The predicted molar refractivity (Wildman–Crippen MR) is 139 cm³/mol. The Morgan fingerprint density at radius 1 is 0.975 bits per heavy atom. The summed E-state index contributed by atoms with van der Waals surface area (Å²) in [5.41, 5.74) is -1.14. The number of aromatic nitrogens is 4. The number of hydrogen-bond donors (Lipinski definition) is 3.